The lowest BCUT2D eigenvalue weighted by Gasteiger charge is -2.57. The van der Waals surface area contributed by atoms with Gasteiger partial charge in [0, 0.05) is 16.8 Å². The smallest absolute Gasteiger partial charge is 0.0376 e. The van der Waals surface area contributed by atoms with E-state index in [9.17, 15) is 0 Å². The Bertz CT molecular complexity index is 424. The van der Waals surface area contributed by atoms with Crippen LogP contribution in [0.3, 0.4) is 0 Å². The summed E-state index contributed by atoms with van der Waals surface area (Å²) in [6, 6.07) is 4.36. The summed E-state index contributed by atoms with van der Waals surface area (Å²) >= 11 is 1.85. The molecule has 19 heavy (non-hydrogen) atoms. The van der Waals surface area contributed by atoms with Crippen LogP contribution >= 0.6 is 11.3 Å². The molecule has 4 aliphatic carbocycles. The highest BCUT2D eigenvalue weighted by Crippen LogP contribution is 2.55. The van der Waals surface area contributed by atoms with Gasteiger partial charge >= 0.3 is 0 Å². The number of nitrogens with one attached hydrogen (secondary N) is 1. The maximum Gasteiger partial charge on any atom is 0.0376 e. The second kappa shape index (κ2) is 4.66. The summed E-state index contributed by atoms with van der Waals surface area (Å²) in [7, 11) is 0. The average Bonchev–Trinajstić information content (AvgIpc) is 2.86. The lowest BCUT2D eigenvalue weighted by molar-refractivity contribution is -0.0130. The zero-order chi connectivity index (χ0) is 12.7. The van der Waals surface area contributed by atoms with Crippen LogP contribution in [0.15, 0.2) is 29.8 Å². The van der Waals surface area contributed by atoms with Crippen molar-refractivity contribution in [1.82, 2.24) is 5.32 Å². The molecular formula is C17H23NS. The molecule has 1 aromatic rings. The molecule has 0 aromatic carbocycles. The fourth-order valence-corrected chi connectivity index (χ4v) is 5.81. The van der Waals surface area contributed by atoms with E-state index in [1.807, 2.05) is 11.3 Å². The van der Waals surface area contributed by atoms with Crippen molar-refractivity contribution in [2.24, 2.45) is 17.8 Å². The highest BCUT2D eigenvalue weighted by Gasteiger charge is 2.50. The molecule has 2 heteroatoms. The third-order valence-electron chi connectivity index (χ3n) is 5.44. The minimum Gasteiger partial charge on any atom is -0.386 e. The molecule has 0 aliphatic heterocycles. The summed E-state index contributed by atoms with van der Waals surface area (Å²) in [6.07, 6.45) is 14.5. The van der Waals surface area contributed by atoms with Crippen LogP contribution < -0.4 is 5.32 Å². The van der Waals surface area contributed by atoms with Crippen molar-refractivity contribution in [1.29, 1.82) is 0 Å². The monoisotopic (exact) mass is 273 g/mol. The number of rotatable bonds is 4. The molecule has 0 unspecified atom stereocenters. The molecule has 1 heterocycles. The van der Waals surface area contributed by atoms with Crippen molar-refractivity contribution in [3.63, 3.8) is 0 Å². The van der Waals surface area contributed by atoms with Gasteiger partial charge in [0.15, 0.2) is 0 Å². The zero-order valence-electron chi connectivity index (χ0n) is 11.5. The van der Waals surface area contributed by atoms with E-state index in [1.165, 1.54) is 43.4 Å². The molecule has 4 fully saturated rings. The van der Waals surface area contributed by atoms with Crippen LogP contribution in [-0.4, -0.2) is 5.54 Å². The van der Waals surface area contributed by atoms with Crippen LogP contribution in [0.5, 0.6) is 0 Å². The Balaban J connectivity index is 1.38. The Morgan fingerprint density at radius 1 is 1.16 bits per heavy atom. The summed E-state index contributed by atoms with van der Waals surface area (Å²) in [5, 5.41) is 5.98. The van der Waals surface area contributed by atoms with Gasteiger partial charge < -0.3 is 5.32 Å². The lowest BCUT2D eigenvalue weighted by atomic mass is 9.53. The van der Waals surface area contributed by atoms with Gasteiger partial charge in [0.2, 0.25) is 0 Å². The fraction of sp³-hybridized carbons (Fsp3) is 0.647. The van der Waals surface area contributed by atoms with E-state index in [4.69, 9.17) is 0 Å². The van der Waals surface area contributed by atoms with Crippen molar-refractivity contribution < 1.29 is 0 Å². The first-order valence-electron chi connectivity index (χ1n) is 7.76. The van der Waals surface area contributed by atoms with Crippen LogP contribution in [0.1, 0.15) is 43.4 Å². The third kappa shape index (κ3) is 2.35. The maximum atomic E-state index is 3.81. The van der Waals surface area contributed by atoms with Gasteiger partial charge in [-0.05, 0) is 73.9 Å². The van der Waals surface area contributed by atoms with Crippen LogP contribution in [-0.2, 0) is 6.42 Å². The van der Waals surface area contributed by atoms with Crippen molar-refractivity contribution in [3.8, 4) is 0 Å². The maximum absolute atomic E-state index is 3.81. The number of hydrogen-bond donors (Lipinski definition) is 1. The first kappa shape index (κ1) is 12.0. The Hall–Kier alpha value is -0.760. The van der Waals surface area contributed by atoms with E-state index in [1.54, 1.807) is 0 Å². The summed E-state index contributed by atoms with van der Waals surface area (Å²) in [6.45, 7) is 0. The van der Waals surface area contributed by atoms with Crippen LogP contribution in [0, 0.1) is 17.8 Å². The SMILES string of the molecule is C(=CNC12CC3CC(CC(C3)C1)C2)Cc1cccs1. The predicted octanol–water partition coefficient (Wildman–Crippen LogP) is 4.36. The zero-order valence-corrected chi connectivity index (χ0v) is 12.3. The molecule has 0 saturated heterocycles. The molecule has 0 spiro atoms. The Kier molecular flexibility index (Phi) is 2.95. The molecule has 1 N–H and O–H groups in total. The first-order valence-corrected chi connectivity index (χ1v) is 8.64. The summed E-state index contributed by atoms with van der Waals surface area (Å²) in [4.78, 5) is 1.46. The van der Waals surface area contributed by atoms with Gasteiger partial charge in [-0.15, -0.1) is 11.3 Å². The first-order chi connectivity index (χ1) is 9.31. The molecule has 1 aromatic heterocycles. The van der Waals surface area contributed by atoms with Crippen molar-refractivity contribution in [2.45, 2.75) is 50.5 Å². The molecule has 102 valence electrons. The fourth-order valence-electron chi connectivity index (χ4n) is 5.13. The largest absolute Gasteiger partial charge is 0.386 e. The Morgan fingerprint density at radius 2 is 1.84 bits per heavy atom. The molecular weight excluding hydrogens is 250 g/mol. The molecule has 4 saturated carbocycles. The lowest BCUT2D eigenvalue weighted by Crippen LogP contribution is -2.56. The van der Waals surface area contributed by atoms with Crippen molar-refractivity contribution >= 4 is 11.3 Å². The average molecular weight is 273 g/mol. The second-order valence-corrected chi connectivity index (χ2v) is 8.06. The van der Waals surface area contributed by atoms with Crippen LogP contribution in [0.4, 0.5) is 0 Å². The van der Waals surface area contributed by atoms with Gasteiger partial charge in [-0.1, -0.05) is 12.1 Å². The van der Waals surface area contributed by atoms with Crippen LogP contribution in [0.2, 0.25) is 0 Å². The van der Waals surface area contributed by atoms with Gasteiger partial charge in [0.1, 0.15) is 0 Å². The second-order valence-electron chi connectivity index (χ2n) is 7.03. The molecule has 0 amide bonds. The van der Waals surface area contributed by atoms with Crippen molar-refractivity contribution in [2.75, 3.05) is 0 Å². The standard InChI is InChI=1S/C17H23NS/c1(3-16-4-2-6-19-16)5-18-17-10-13-7-14(11-17)9-15(8-13)12-17/h1-2,4-6,13-15,18H,3,7-12H2. The van der Waals surface area contributed by atoms with Gasteiger partial charge in [0.05, 0.1) is 0 Å². The predicted molar refractivity (Wildman–Crippen MR) is 81.2 cm³/mol. The van der Waals surface area contributed by atoms with Gasteiger partial charge in [0.25, 0.3) is 0 Å². The highest BCUT2D eigenvalue weighted by atomic mass is 32.1. The Morgan fingerprint density at radius 3 is 2.42 bits per heavy atom. The summed E-state index contributed by atoms with van der Waals surface area (Å²) in [5.74, 6) is 3.10. The minimum atomic E-state index is 0.473. The number of allylic oxidation sites excluding steroid dienone is 1. The number of hydrogen-bond acceptors (Lipinski definition) is 2. The molecule has 4 aliphatic rings. The van der Waals surface area contributed by atoms with E-state index < -0.39 is 0 Å². The summed E-state index contributed by atoms with van der Waals surface area (Å²) in [5.41, 5.74) is 0.473. The van der Waals surface area contributed by atoms with Crippen molar-refractivity contribution in [3.05, 3.63) is 34.7 Å². The van der Waals surface area contributed by atoms with E-state index in [-0.39, 0.29) is 0 Å². The van der Waals surface area contributed by atoms with Gasteiger partial charge in [-0.3, -0.25) is 0 Å². The van der Waals surface area contributed by atoms with Gasteiger partial charge in [-0.25, -0.2) is 0 Å². The molecule has 5 rings (SSSR count). The van der Waals surface area contributed by atoms with E-state index >= 15 is 0 Å². The topological polar surface area (TPSA) is 12.0 Å². The third-order valence-corrected chi connectivity index (χ3v) is 6.34. The van der Waals surface area contributed by atoms with E-state index in [0.717, 1.165) is 24.2 Å². The number of thiophene rings is 1. The molecule has 0 atom stereocenters. The van der Waals surface area contributed by atoms with E-state index in [2.05, 4.69) is 35.1 Å². The van der Waals surface area contributed by atoms with E-state index in [0.29, 0.717) is 5.54 Å². The minimum absolute atomic E-state index is 0.473. The normalized spacial score (nSPS) is 40.1. The van der Waals surface area contributed by atoms with Crippen LogP contribution in [0.25, 0.3) is 0 Å². The Labute approximate surface area is 120 Å². The molecule has 4 bridgehead atoms. The molecule has 0 radical (unpaired) electrons. The summed E-state index contributed by atoms with van der Waals surface area (Å²) < 4.78 is 0. The highest BCUT2D eigenvalue weighted by molar-refractivity contribution is 7.09. The quantitative estimate of drug-likeness (QED) is 0.859. The van der Waals surface area contributed by atoms with Gasteiger partial charge in [-0.2, -0.15) is 0 Å². The molecule has 1 nitrogen and oxygen atoms in total.